The zero-order valence-corrected chi connectivity index (χ0v) is 12.1. The summed E-state index contributed by atoms with van der Waals surface area (Å²) in [6.45, 7) is 3.01. The molecule has 1 fully saturated rings. The van der Waals surface area contributed by atoms with E-state index in [2.05, 4.69) is 10.4 Å². The summed E-state index contributed by atoms with van der Waals surface area (Å²) in [5.41, 5.74) is 1.14. The molecule has 0 atom stereocenters. The summed E-state index contributed by atoms with van der Waals surface area (Å²) in [4.78, 5) is 14.0. The molecule has 2 aromatic rings. The maximum atomic E-state index is 12.9. The highest BCUT2D eigenvalue weighted by Gasteiger charge is 2.20. The highest BCUT2D eigenvalue weighted by molar-refractivity contribution is 5.92. The van der Waals surface area contributed by atoms with Gasteiger partial charge in [0.1, 0.15) is 5.82 Å². The number of hydrogen-bond donors (Lipinski definition) is 1. The summed E-state index contributed by atoms with van der Waals surface area (Å²) >= 11 is 0. The first kappa shape index (κ1) is 15.5. The first-order valence-corrected chi connectivity index (χ1v) is 6.56. The third-order valence-electron chi connectivity index (χ3n) is 3.30. The number of amides is 1. The second-order valence-electron chi connectivity index (χ2n) is 4.66. The molecule has 2 heterocycles. The minimum absolute atomic E-state index is 0. The normalized spacial score (nSPS) is 14.6. The average Bonchev–Trinajstić information content (AvgIpc) is 2.98. The van der Waals surface area contributed by atoms with Crippen LogP contribution in [0.2, 0.25) is 0 Å². The van der Waals surface area contributed by atoms with Crippen LogP contribution in [-0.2, 0) is 0 Å². The number of benzene rings is 1. The number of aromatic nitrogens is 2. The van der Waals surface area contributed by atoms with Crippen LogP contribution in [-0.4, -0.2) is 46.8 Å². The summed E-state index contributed by atoms with van der Waals surface area (Å²) in [5.74, 6) is -0.356. The fraction of sp³-hybridized carbons (Fsp3) is 0.286. The lowest BCUT2D eigenvalue weighted by atomic mass is 10.3. The lowest BCUT2D eigenvalue weighted by Crippen LogP contribution is -2.46. The lowest BCUT2D eigenvalue weighted by molar-refractivity contribution is 0.0729. The van der Waals surface area contributed by atoms with Crippen molar-refractivity contribution in [2.75, 3.05) is 26.2 Å². The fourth-order valence-electron chi connectivity index (χ4n) is 2.21. The predicted molar refractivity (Wildman–Crippen MR) is 79.5 cm³/mol. The molecule has 3 rings (SSSR count). The van der Waals surface area contributed by atoms with Gasteiger partial charge in [-0.25, -0.2) is 9.07 Å². The van der Waals surface area contributed by atoms with E-state index in [9.17, 15) is 9.18 Å². The Morgan fingerprint density at radius 3 is 2.48 bits per heavy atom. The van der Waals surface area contributed by atoms with E-state index in [4.69, 9.17) is 0 Å². The summed E-state index contributed by atoms with van der Waals surface area (Å²) in [5, 5.41) is 7.47. The molecule has 1 aliphatic heterocycles. The number of carbonyl (C=O) groups excluding carboxylic acids is 1. The molecule has 7 heteroatoms. The maximum Gasteiger partial charge on any atom is 0.274 e. The molecular formula is C14H16ClFN4O. The largest absolute Gasteiger partial charge is 0.335 e. The number of rotatable bonds is 2. The van der Waals surface area contributed by atoms with Gasteiger partial charge in [-0.05, 0) is 30.3 Å². The predicted octanol–water partition coefficient (Wildman–Crippen LogP) is 1.48. The minimum Gasteiger partial charge on any atom is -0.335 e. The van der Waals surface area contributed by atoms with Gasteiger partial charge in [-0.2, -0.15) is 5.10 Å². The molecule has 0 saturated carbocycles. The Bertz CT molecular complexity index is 608. The van der Waals surface area contributed by atoms with Gasteiger partial charge in [0.05, 0.1) is 5.69 Å². The monoisotopic (exact) mass is 310 g/mol. The van der Waals surface area contributed by atoms with Crippen LogP contribution in [0.4, 0.5) is 4.39 Å². The molecule has 0 radical (unpaired) electrons. The summed E-state index contributed by atoms with van der Waals surface area (Å²) in [7, 11) is 0. The zero-order valence-electron chi connectivity index (χ0n) is 11.3. The summed E-state index contributed by atoms with van der Waals surface area (Å²) in [6.07, 6.45) is 1.71. The molecule has 1 amide bonds. The quantitative estimate of drug-likeness (QED) is 0.914. The van der Waals surface area contributed by atoms with Crippen molar-refractivity contribution in [1.29, 1.82) is 0 Å². The first-order chi connectivity index (χ1) is 9.74. The molecule has 112 valence electrons. The van der Waals surface area contributed by atoms with Crippen molar-refractivity contribution in [1.82, 2.24) is 20.0 Å². The Morgan fingerprint density at radius 2 is 1.81 bits per heavy atom. The molecule has 1 saturated heterocycles. The molecule has 0 spiro atoms. The van der Waals surface area contributed by atoms with Gasteiger partial charge < -0.3 is 10.2 Å². The molecular weight excluding hydrogens is 295 g/mol. The van der Waals surface area contributed by atoms with E-state index in [1.165, 1.54) is 12.1 Å². The second-order valence-corrected chi connectivity index (χ2v) is 4.66. The van der Waals surface area contributed by atoms with Crippen molar-refractivity contribution < 1.29 is 9.18 Å². The Balaban J connectivity index is 0.00000161. The molecule has 0 bridgehead atoms. The smallest absolute Gasteiger partial charge is 0.274 e. The van der Waals surface area contributed by atoms with Gasteiger partial charge in [-0.1, -0.05) is 0 Å². The van der Waals surface area contributed by atoms with E-state index < -0.39 is 0 Å². The zero-order chi connectivity index (χ0) is 13.9. The van der Waals surface area contributed by atoms with E-state index in [1.54, 1.807) is 34.0 Å². The third kappa shape index (κ3) is 3.40. The topological polar surface area (TPSA) is 50.2 Å². The molecule has 1 aromatic carbocycles. The van der Waals surface area contributed by atoms with Gasteiger partial charge in [0.25, 0.3) is 5.91 Å². The van der Waals surface area contributed by atoms with Crippen LogP contribution in [0.5, 0.6) is 0 Å². The van der Waals surface area contributed by atoms with E-state index >= 15 is 0 Å². The molecule has 5 nitrogen and oxygen atoms in total. The van der Waals surface area contributed by atoms with Crippen molar-refractivity contribution in [2.45, 2.75) is 0 Å². The lowest BCUT2D eigenvalue weighted by Gasteiger charge is -2.26. The van der Waals surface area contributed by atoms with Crippen LogP contribution in [0.25, 0.3) is 5.69 Å². The van der Waals surface area contributed by atoms with Gasteiger partial charge in [0.15, 0.2) is 5.69 Å². The summed E-state index contributed by atoms with van der Waals surface area (Å²) < 4.78 is 14.5. The first-order valence-electron chi connectivity index (χ1n) is 6.56. The Hall–Kier alpha value is -1.92. The van der Waals surface area contributed by atoms with Crippen LogP contribution in [0.3, 0.4) is 0 Å². The number of hydrogen-bond acceptors (Lipinski definition) is 3. The molecule has 21 heavy (non-hydrogen) atoms. The highest BCUT2D eigenvalue weighted by Crippen LogP contribution is 2.10. The van der Waals surface area contributed by atoms with Crippen molar-refractivity contribution in [3.8, 4) is 5.69 Å². The SMILES string of the molecule is Cl.O=C(c1ccn(-c2ccc(F)cc2)n1)N1CCNCC1. The van der Waals surface area contributed by atoms with E-state index in [0.29, 0.717) is 18.8 Å². The Labute approximate surface area is 128 Å². The highest BCUT2D eigenvalue weighted by atomic mass is 35.5. The molecule has 1 aliphatic rings. The van der Waals surface area contributed by atoms with Crippen LogP contribution in [0.1, 0.15) is 10.5 Å². The van der Waals surface area contributed by atoms with Crippen molar-refractivity contribution in [3.05, 3.63) is 48.0 Å². The van der Waals surface area contributed by atoms with Crippen LogP contribution >= 0.6 is 12.4 Å². The molecule has 1 aromatic heterocycles. The third-order valence-corrected chi connectivity index (χ3v) is 3.30. The second kappa shape index (κ2) is 6.69. The van der Waals surface area contributed by atoms with Crippen LogP contribution < -0.4 is 5.32 Å². The molecule has 1 N–H and O–H groups in total. The number of nitrogens with zero attached hydrogens (tertiary/aromatic N) is 3. The van der Waals surface area contributed by atoms with Crippen molar-refractivity contribution in [3.63, 3.8) is 0 Å². The van der Waals surface area contributed by atoms with E-state index in [1.807, 2.05) is 0 Å². The van der Waals surface area contributed by atoms with Crippen LogP contribution in [0, 0.1) is 5.82 Å². The minimum atomic E-state index is -0.293. The van der Waals surface area contributed by atoms with Crippen molar-refractivity contribution >= 4 is 18.3 Å². The maximum absolute atomic E-state index is 12.9. The number of piperazine rings is 1. The van der Waals surface area contributed by atoms with E-state index in [-0.39, 0.29) is 24.1 Å². The van der Waals surface area contributed by atoms with Crippen molar-refractivity contribution in [2.24, 2.45) is 0 Å². The molecule has 0 aliphatic carbocycles. The Kier molecular flexibility index (Phi) is 4.93. The summed E-state index contributed by atoms with van der Waals surface area (Å²) in [6, 6.07) is 7.68. The number of carbonyl (C=O) groups is 1. The number of halogens is 2. The van der Waals surface area contributed by atoms with Gasteiger partial charge in [-0.3, -0.25) is 4.79 Å². The molecule has 0 unspecified atom stereocenters. The average molecular weight is 311 g/mol. The van der Waals surface area contributed by atoms with E-state index in [0.717, 1.165) is 18.8 Å². The van der Waals surface area contributed by atoms with Gasteiger partial charge in [0.2, 0.25) is 0 Å². The van der Waals surface area contributed by atoms with Gasteiger partial charge in [0, 0.05) is 32.4 Å². The number of nitrogens with one attached hydrogen (secondary N) is 1. The van der Waals surface area contributed by atoms with Gasteiger partial charge >= 0.3 is 0 Å². The van der Waals surface area contributed by atoms with Gasteiger partial charge in [-0.15, -0.1) is 12.4 Å². The van der Waals surface area contributed by atoms with Crippen LogP contribution in [0.15, 0.2) is 36.5 Å². The Morgan fingerprint density at radius 1 is 1.14 bits per heavy atom. The standard InChI is InChI=1S/C14H15FN4O.ClH/c15-11-1-3-12(4-2-11)19-8-5-13(17-19)14(20)18-9-6-16-7-10-18;/h1-5,8,16H,6-7,9-10H2;1H. The fourth-order valence-corrected chi connectivity index (χ4v) is 2.21.